The summed E-state index contributed by atoms with van der Waals surface area (Å²) in [5, 5.41) is 2.67. The van der Waals surface area contributed by atoms with Crippen LogP contribution in [0.15, 0.2) is 18.2 Å². The number of aldehydes is 1. The molecule has 0 radical (unpaired) electrons. The summed E-state index contributed by atoms with van der Waals surface area (Å²) in [7, 11) is 0. The van der Waals surface area contributed by atoms with Crippen molar-refractivity contribution >= 4 is 17.9 Å². The van der Waals surface area contributed by atoms with Gasteiger partial charge in [-0.1, -0.05) is 12.1 Å². The fourth-order valence-electron chi connectivity index (χ4n) is 1.31. The smallest absolute Gasteiger partial charge is 0.228 e. The highest BCUT2D eigenvalue weighted by atomic mass is 16.1. The Hall–Kier alpha value is -1.64. The van der Waals surface area contributed by atoms with E-state index in [4.69, 9.17) is 0 Å². The van der Waals surface area contributed by atoms with Crippen molar-refractivity contribution in [1.29, 1.82) is 0 Å². The van der Waals surface area contributed by atoms with Gasteiger partial charge in [0.15, 0.2) is 0 Å². The molecule has 0 saturated heterocycles. The minimum Gasteiger partial charge on any atom is -0.326 e. The van der Waals surface area contributed by atoms with Crippen LogP contribution in [0.1, 0.15) is 15.9 Å². The first-order valence-corrected chi connectivity index (χ1v) is 3.67. The molecule has 0 saturated carbocycles. The van der Waals surface area contributed by atoms with Gasteiger partial charge in [0.1, 0.15) is 6.29 Å². The lowest BCUT2D eigenvalue weighted by Gasteiger charge is -1.97. The lowest BCUT2D eigenvalue weighted by molar-refractivity contribution is -0.115. The molecule has 1 heterocycles. The van der Waals surface area contributed by atoms with Crippen LogP contribution in [0.25, 0.3) is 0 Å². The molecule has 0 fully saturated rings. The average molecular weight is 161 g/mol. The van der Waals surface area contributed by atoms with Gasteiger partial charge in [0.05, 0.1) is 6.42 Å². The minimum absolute atomic E-state index is 0.00644. The Bertz CT molecular complexity index is 358. The number of hydrogen-bond donors (Lipinski definition) is 1. The Morgan fingerprint density at radius 1 is 1.42 bits per heavy atom. The van der Waals surface area contributed by atoms with Gasteiger partial charge in [0, 0.05) is 11.3 Å². The lowest BCUT2D eigenvalue weighted by Crippen LogP contribution is -2.03. The third-order valence-electron chi connectivity index (χ3n) is 1.90. The molecule has 12 heavy (non-hydrogen) atoms. The van der Waals surface area contributed by atoms with E-state index < -0.39 is 0 Å². The zero-order valence-corrected chi connectivity index (χ0v) is 6.33. The van der Waals surface area contributed by atoms with E-state index in [2.05, 4.69) is 5.32 Å². The van der Waals surface area contributed by atoms with E-state index in [1.165, 1.54) is 0 Å². The lowest BCUT2D eigenvalue weighted by atomic mass is 10.1. The highest BCUT2D eigenvalue weighted by Gasteiger charge is 2.16. The SMILES string of the molecule is O=Cc1ccc2c(c1)NC(=O)C2. The molecule has 3 heteroatoms. The second kappa shape index (κ2) is 2.44. The second-order valence-corrected chi connectivity index (χ2v) is 2.76. The van der Waals surface area contributed by atoms with E-state index in [1.807, 2.05) is 0 Å². The van der Waals surface area contributed by atoms with Crippen molar-refractivity contribution in [3.05, 3.63) is 29.3 Å². The first kappa shape index (κ1) is 7.03. The minimum atomic E-state index is -0.00644. The predicted molar refractivity (Wildman–Crippen MR) is 44.2 cm³/mol. The number of nitrogens with one attached hydrogen (secondary N) is 1. The van der Waals surface area contributed by atoms with E-state index in [9.17, 15) is 9.59 Å². The van der Waals surface area contributed by atoms with Crippen molar-refractivity contribution in [3.8, 4) is 0 Å². The molecule has 60 valence electrons. The van der Waals surface area contributed by atoms with Crippen LogP contribution in [0.5, 0.6) is 0 Å². The average Bonchev–Trinajstić information content (AvgIpc) is 2.43. The van der Waals surface area contributed by atoms with Crippen molar-refractivity contribution in [2.45, 2.75) is 6.42 Å². The summed E-state index contributed by atoms with van der Waals surface area (Å²) in [6.07, 6.45) is 1.19. The van der Waals surface area contributed by atoms with Gasteiger partial charge in [-0.3, -0.25) is 9.59 Å². The normalized spacial score (nSPS) is 13.8. The quantitative estimate of drug-likeness (QED) is 0.624. The Morgan fingerprint density at radius 3 is 3.00 bits per heavy atom. The first-order valence-electron chi connectivity index (χ1n) is 3.67. The summed E-state index contributed by atoms with van der Waals surface area (Å²) in [5.74, 6) is -0.00644. The van der Waals surface area contributed by atoms with Crippen molar-refractivity contribution in [1.82, 2.24) is 0 Å². The summed E-state index contributed by atoms with van der Waals surface area (Å²) in [6, 6.07) is 5.20. The maximum atomic E-state index is 10.9. The molecule has 0 atom stereocenters. The second-order valence-electron chi connectivity index (χ2n) is 2.76. The number of benzene rings is 1. The van der Waals surface area contributed by atoms with Crippen molar-refractivity contribution in [2.75, 3.05) is 5.32 Å². The Labute approximate surface area is 69.4 Å². The van der Waals surface area contributed by atoms with Gasteiger partial charge in [-0.05, 0) is 11.6 Å². The summed E-state index contributed by atoms with van der Waals surface area (Å²) >= 11 is 0. The monoisotopic (exact) mass is 161 g/mol. The van der Waals surface area contributed by atoms with Crippen LogP contribution in [-0.2, 0) is 11.2 Å². The molecule has 1 aromatic carbocycles. The van der Waals surface area contributed by atoms with Gasteiger partial charge in [-0.2, -0.15) is 0 Å². The molecule has 0 spiro atoms. The van der Waals surface area contributed by atoms with E-state index in [1.54, 1.807) is 18.2 Å². The summed E-state index contributed by atoms with van der Waals surface area (Å²) < 4.78 is 0. The van der Waals surface area contributed by atoms with Crippen molar-refractivity contribution < 1.29 is 9.59 Å². The predicted octanol–water partition coefficient (Wildman–Crippen LogP) is 0.994. The number of hydrogen-bond acceptors (Lipinski definition) is 2. The van der Waals surface area contributed by atoms with E-state index in [0.29, 0.717) is 12.0 Å². The highest BCUT2D eigenvalue weighted by molar-refractivity contribution is 6.00. The van der Waals surface area contributed by atoms with Crippen LogP contribution in [0.2, 0.25) is 0 Å². The number of amides is 1. The zero-order valence-electron chi connectivity index (χ0n) is 6.33. The van der Waals surface area contributed by atoms with Gasteiger partial charge in [0.25, 0.3) is 0 Å². The van der Waals surface area contributed by atoms with Crippen molar-refractivity contribution in [3.63, 3.8) is 0 Å². The third kappa shape index (κ3) is 0.993. The standard InChI is InChI=1S/C9H7NO2/c11-5-6-1-2-7-4-9(12)10-8(7)3-6/h1-3,5H,4H2,(H,10,12). The molecule has 2 rings (SSSR count). The Kier molecular flexibility index (Phi) is 1.43. The highest BCUT2D eigenvalue weighted by Crippen LogP contribution is 2.23. The van der Waals surface area contributed by atoms with Gasteiger partial charge in [-0.25, -0.2) is 0 Å². The maximum Gasteiger partial charge on any atom is 0.228 e. The zero-order chi connectivity index (χ0) is 8.55. The van der Waals surface area contributed by atoms with Crippen LogP contribution >= 0.6 is 0 Å². The largest absolute Gasteiger partial charge is 0.326 e. The molecule has 0 bridgehead atoms. The van der Waals surface area contributed by atoms with Crippen molar-refractivity contribution in [2.24, 2.45) is 0 Å². The van der Waals surface area contributed by atoms with Gasteiger partial charge in [0.2, 0.25) is 5.91 Å². The molecule has 1 aliphatic heterocycles. The third-order valence-corrected chi connectivity index (χ3v) is 1.90. The molecule has 1 aromatic rings. The summed E-state index contributed by atoms with van der Waals surface area (Å²) in [5.41, 5.74) is 2.33. The molecule has 1 aliphatic rings. The van der Waals surface area contributed by atoms with E-state index in [-0.39, 0.29) is 5.91 Å². The van der Waals surface area contributed by atoms with Crippen LogP contribution in [0.3, 0.4) is 0 Å². The number of fused-ring (bicyclic) bond motifs is 1. The Morgan fingerprint density at radius 2 is 2.25 bits per heavy atom. The van der Waals surface area contributed by atoms with Crippen LogP contribution in [0.4, 0.5) is 5.69 Å². The number of rotatable bonds is 1. The molecule has 1 amide bonds. The molecular weight excluding hydrogens is 154 g/mol. The topological polar surface area (TPSA) is 46.2 Å². The molecule has 1 N–H and O–H groups in total. The maximum absolute atomic E-state index is 10.9. The number of carbonyl (C=O) groups excluding carboxylic acids is 2. The molecule has 3 nitrogen and oxygen atoms in total. The van der Waals surface area contributed by atoms with Gasteiger partial charge < -0.3 is 5.32 Å². The van der Waals surface area contributed by atoms with Gasteiger partial charge in [-0.15, -0.1) is 0 Å². The number of anilines is 1. The first-order chi connectivity index (χ1) is 5.79. The Balaban J connectivity index is 2.48. The fraction of sp³-hybridized carbons (Fsp3) is 0.111. The molecule has 0 unspecified atom stereocenters. The molecule has 0 aliphatic carbocycles. The van der Waals surface area contributed by atoms with Crippen LogP contribution < -0.4 is 5.32 Å². The summed E-state index contributed by atoms with van der Waals surface area (Å²) in [6.45, 7) is 0. The number of carbonyl (C=O) groups is 2. The molecule has 0 aromatic heterocycles. The van der Waals surface area contributed by atoms with Crippen LogP contribution in [-0.4, -0.2) is 12.2 Å². The fourth-order valence-corrected chi connectivity index (χ4v) is 1.31. The summed E-state index contributed by atoms with van der Waals surface area (Å²) in [4.78, 5) is 21.3. The van der Waals surface area contributed by atoms with E-state index in [0.717, 1.165) is 17.5 Å². The van der Waals surface area contributed by atoms with Crippen LogP contribution in [0, 0.1) is 0 Å². The van der Waals surface area contributed by atoms with Gasteiger partial charge >= 0.3 is 0 Å². The van der Waals surface area contributed by atoms with E-state index >= 15 is 0 Å². The molecular formula is C9H7NO2.